The van der Waals surface area contributed by atoms with E-state index in [1.165, 1.54) is 19.4 Å². The van der Waals surface area contributed by atoms with Gasteiger partial charge in [0, 0.05) is 22.3 Å². The number of nitrogens with zero attached hydrogens (tertiary/aromatic N) is 2. The molecule has 0 amide bonds. The number of pyridine rings is 1. The summed E-state index contributed by atoms with van der Waals surface area (Å²) in [4.78, 5) is 7.31. The highest BCUT2D eigenvalue weighted by Gasteiger charge is 2.11. The molecule has 28 heavy (non-hydrogen) atoms. The van der Waals surface area contributed by atoms with Crippen molar-refractivity contribution in [3.63, 3.8) is 0 Å². The predicted octanol–water partition coefficient (Wildman–Crippen LogP) is 5.97. The monoisotopic (exact) mass is 399 g/mol. The summed E-state index contributed by atoms with van der Waals surface area (Å²) in [6.07, 6.45) is 3.53. The van der Waals surface area contributed by atoms with Crippen LogP contribution in [0.15, 0.2) is 36.4 Å². The predicted molar refractivity (Wildman–Crippen MR) is 121 cm³/mol. The SMILES string of the molecule is CCCN(CC)CCCCNc1c2ccc(Cl)cc2nc2ccc(OC)cc12. The first-order valence-electron chi connectivity index (χ1n) is 10.2. The van der Waals surface area contributed by atoms with Gasteiger partial charge in [0.05, 0.1) is 23.8 Å². The molecular weight excluding hydrogens is 370 g/mol. The number of aromatic nitrogens is 1. The molecule has 1 N–H and O–H groups in total. The minimum absolute atomic E-state index is 0.703. The van der Waals surface area contributed by atoms with Gasteiger partial charge in [0.2, 0.25) is 0 Å². The van der Waals surface area contributed by atoms with E-state index < -0.39 is 0 Å². The Morgan fingerprint density at radius 2 is 1.86 bits per heavy atom. The van der Waals surface area contributed by atoms with Crippen molar-refractivity contribution in [3.8, 4) is 5.75 Å². The van der Waals surface area contributed by atoms with Gasteiger partial charge < -0.3 is 15.0 Å². The van der Waals surface area contributed by atoms with Gasteiger partial charge in [-0.2, -0.15) is 0 Å². The van der Waals surface area contributed by atoms with Crippen LogP contribution in [0.3, 0.4) is 0 Å². The smallest absolute Gasteiger partial charge is 0.119 e. The molecule has 0 spiro atoms. The Morgan fingerprint density at radius 1 is 1.00 bits per heavy atom. The van der Waals surface area contributed by atoms with E-state index in [1.54, 1.807) is 7.11 Å². The summed E-state index contributed by atoms with van der Waals surface area (Å²) in [5, 5.41) is 6.54. The minimum Gasteiger partial charge on any atom is -0.497 e. The highest BCUT2D eigenvalue weighted by Crippen LogP contribution is 2.34. The van der Waals surface area contributed by atoms with Crippen LogP contribution in [0.2, 0.25) is 5.02 Å². The maximum atomic E-state index is 6.20. The Bertz CT molecular complexity index is 929. The molecule has 5 heteroatoms. The van der Waals surface area contributed by atoms with E-state index in [-0.39, 0.29) is 0 Å². The summed E-state index contributed by atoms with van der Waals surface area (Å²) < 4.78 is 5.43. The zero-order valence-corrected chi connectivity index (χ0v) is 17.9. The van der Waals surface area contributed by atoms with Crippen molar-refractivity contribution in [3.05, 3.63) is 41.4 Å². The van der Waals surface area contributed by atoms with E-state index in [2.05, 4.69) is 30.1 Å². The van der Waals surface area contributed by atoms with Gasteiger partial charge in [-0.15, -0.1) is 0 Å². The Labute approximate surface area is 172 Å². The third kappa shape index (κ3) is 4.86. The van der Waals surface area contributed by atoms with E-state index in [0.29, 0.717) is 5.02 Å². The second-order valence-electron chi connectivity index (χ2n) is 7.10. The van der Waals surface area contributed by atoms with E-state index in [4.69, 9.17) is 21.3 Å². The number of halogens is 1. The van der Waals surface area contributed by atoms with Gasteiger partial charge in [0.15, 0.2) is 0 Å². The molecule has 0 radical (unpaired) electrons. The van der Waals surface area contributed by atoms with Crippen molar-refractivity contribution < 1.29 is 4.74 Å². The number of benzene rings is 2. The molecule has 4 nitrogen and oxygen atoms in total. The number of methoxy groups -OCH3 is 1. The molecule has 1 heterocycles. The van der Waals surface area contributed by atoms with Crippen LogP contribution in [0.25, 0.3) is 21.8 Å². The first kappa shape index (κ1) is 20.7. The number of rotatable bonds is 10. The van der Waals surface area contributed by atoms with Crippen molar-refractivity contribution >= 4 is 39.1 Å². The average Bonchev–Trinajstić information content (AvgIpc) is 2.71. The third-order valence-corrected chi connectivity index (χ3v) is 5.37. The summed E-state index contributed by atoms with van der Waals surface area (Å²) in [6.45, 7) is 8.88. The molecular formula is C23H30ClN3O. The first-order chi connectivity index (χ1) is 13.7. The fraction of sp³-hybridized carbons (Fsp3) is 0.435. The normalized spacial score (nSPS) is 11.5. The number of nitrogens with one attached hydrogen (secondary N) is 1. The van der Waals surface area contributed by atoms with Crippen LogP contribution in [0, 0.1) is 0 Å². The highest BCUT2D eigenvalue weighted by atomic mass is 35.5. The van der Waals surface area contributed by atoms with Gasteiger partial charge in [-0.25, -0.2) is 4.98 Å². The topological polar surface area (TPSA) is 37.4 Å². The number of ether oxygens (including phenoxy) is 1. The molecule has 0 bridgehead atoms. The molecule has 0 fully saturated rings. The summed E-state index contributed by atoms with van der Waals surface area (Å²) in [5.74, 6) is 0.837. The fourth-order valence-corrected chi connectivity index (χ4v) is 3.80. The first-order valence-corrected chi connectivity index (χ1v) is 10.6. The van der Waals surface area contributed by atoms with Crippen molar-refractivity contribution in [2.24, 2.45) is 0 Å². The number of anilines is 1. The van der Waals surface area contributed by atoms with Gasteiger partial charge in [-0.05, 0) is 75.3 Å². The lowest BCUT2D eigenvalue weighted by molar-refractivity contribution is 0.283. The lowest BCUT2D eigenvalue weighted by Crippen LogP contribution is -2.25. The van der Waals surface area contributed by atoms with E-state index in [1.807, 2.05) is 30.3 Å². The fourth-order valence-electron chi connectivity index (χ4n) is 3.63. The lowest BCUT2D eigenvalue weighted by Gasteiger charge is -2.19. The van der Waals surface area contributed by atoms with Gasteiger partial charge >= 0.3 is 0 Å². The number of fused-ring (bicyclic) bond motifs is 2. The summed E-state index contributed by atoms with van der Waals surface area (Å²) in [7, 11) is 1.69. The number of hydrogen-bond donors (Lipinski definition) is 1. The maximum Gasteiger partial charge on any atom is 0.119 e. The molecule has 3 rings (SSSR count). The summed E-state index contributed by atoms with van der Waals surface area (Å²) >= 11 is 6.20. The van der Waals surface area contributed by atoms with Crippen molar-refractivity contribution in [1.29, 1.82) is 0 Å². The molecule has 2 aromatic carbocycles. The lowest BCUT2D eigenvalue weighted by atomic mass is 10.1. The van der Waals surface area contributed by atoms with Crippen LogP contribution >= 0.6 is 11.6 Å². The Balaban J connectivity index is 1.81. The summed E-state index contributed by atoms with van der Waals surface area (Å²) in [6, 6.07) is 11.9. The van der Waals surface area contributed by atoms with Crippen molar-refractivity contribution in [2.45, 2.75) is 33.1 Å². The second kappa shape index (κ2) is 9.94. The molecule has 150 valence electrons. The van der Waals surface area contributed by atoms with Gasteiger partial charge in [-0.1, -0.05) is 25.4 Å². The number of unbranched alkanes of at least 4 members (excludes halogenated alkanes) is 1. The molecule has 0 aliphatic heterocycles. The van der Waals surface area contributed by atoms with E-state index in [9.17, 15) is 0 Å². The van der Waals surface area contributed by atoms with Crippen LogP contribution in [0.1, 0.15) is 33.1 Å². The van der Waals surface area contributed by atoms with Crippen LogP contribution in [-0.4, -0.2) is 43.2 Å². The van der Waals surface area contributed by atoms with Crippen LogP contribution in [0.5, 0.6) is 5.75 Å². The molecule has 0 aliphatic carbocycles. The minimum atomic E-state index is 0.703. The highest BCUT2D eigenvalue weighted by molar-refractivity contribution is 6.31. The van der Waals surface area contributed by atoms with Crippen LogP contribution < -0.4 is 10.1 Å². The van der Waals surface area contributed by atoms with Gasteiger partial charge in [-0.3, -0.25) is 0 Å². The van der Waals surface area contributed by atoms with Gasteiger partial charge in [0.25, 0.3) is 0 Å². The van der Waals surface area contributed by atoms with E-state index >= 15 is 0 Å². The Hall–Kier alpha value is -2.04. The summed E-state index contributed by atoms with van der Waals surface area (Å²) in [5.41, 5.74) is 2.96. The van der Waals surface area contributed by atoms with Crippen LogP contribution in [0.4, 0.5) is 5.69 Å². The number of hydrogen-bond acceptors (Lipinski definition) is 4. The van der Waals surface area contributed by atoms with Gasteiger partial charge in [0.1, 0.15) is 5.75 Å². The standard InChI is InChI=1S/C23H30ClN3O/c1-4-13-27(5-2)14-7-6-12-25-23-19-10-8-17(24)15-22(19)26-21-11-9-18(28-3)16-20(21)23/h8-11,15-16H,4-7,12-14H2,1-3H3,(H,25,26). The quantitative estimate of drug-likeness (QED) is 0.336. The second-order valence-corrected chi connectivity index (χ2v) is 7.54. The zero-order chi connectivity index (χ0) is 19.9. The molecule has 0 saturated heterocycles. The van der Waals surface area contributed by atoms with E-state index in [0.717, 1.165) is 59.3 Å². The molecule has 0 atom stereocenters. The van der Waals surface area contributed by atoms with Crippen LogP contribution in [-0.2, 0) is 0 Å². The Morgan fingerprint density at radius 3 is 2.61 bits per heavy atom. The Kier molecular flexibility index (Phi) is 7.35. The zero-order valence-electron chi connectivity index (χ0n) is 17.1. The molecule has 3 aromatic rings. The molecule has 0 saturated carbocycles. The molecule has 1 aromatic heterocycles. The van der Waals surface area contributed by atoms with Crippen molar-refractivity contribution in [2.75, 3.05) is 38.6 Å². The average molecular weight is 400 g/mol. The maximum absolute atomic E-state index is 6.20. The largest absolute Gasteiger partial charge is 0.497 e. The molecule has 0 unspecified atom stereocenters. The third-order valence-electron chi connectivity index (χ3n) is 5.13. The molecule has 0 aliphatic rings. The van der Waals surface area contributed by atoms with Crippen molar-refractivity contribution in [1.82, 2.24) is 9.88 Å².